The molecule has 1 aliphatic heterocycles. The Bertz CT molecular complexity index is 830. The Kier molecular flexibility index (Phi) is 15.9. The van der Waals surface area contributed by atoms with E-state index in [1.54, 1.807) is 0 Å². The van der Waals surface area contributed by atoms with Crippen LogP contribution in [0.5, 0.6) is 0 Å². The molecule has 40 heavy (non-hydrogen) atoms. The average Bonchev–Trinajstić information content (AvgIpc) is 3.00. The second kappa shape index (κ2) is 19.4. The molecule has 0 amide bonds. The Labute approximate surface area is 244 Å². The third-order valence-corrected chi connectivity index (χ3v) is 8.22. The zero-order valence-electron chi connectivity index (χ0n) is 25.4. The molecule has 1 heterocycles. The van der Waals surface area contributed by atoms with Crippen molar-refractivity contribution >= 4 is 0 Å². The Morgan fingerprint density at radius 1 is 0.700 bits per heavy atom. The first-order valence-corrected chi connectivity index (χ1v) is 16.2. The van der Waals surface area contributed by atoms with Crippen molar-refractivity contribution in [2.75, 3.05) is 19.6 Å². The Balaban J connectivity index is 1.68. The summed E-state index contributed by atoms with van der Waals surface area (Å²) in [6.45, 7) is 8.38. The molecule has 224 valence electrons. The summed E-state index contributed by atoms with van der Waals surface area (Å²) in [6.07, 6.45) is 16.3. The van der Waals surface area contributed by atoms with E-state index in [2.05, 4.69) is 55.1 Å². The van der Waals surface area contributed by atoms with Crippen LogP contribution in [0.15, 0.2) is 48.5 Å². The predicted molar refractivity (Wildman–Crippen MR) is 166 cm³/mol. The lowest BCUT2D eigenvalue weighted by atomic mass is 9.99. The monoisotopic (exact) mass is 552 g/mol. The lowest BCUT2D eigenvalue weighted by Crippen LogP contribution is -2.40. The van der Waals surface area contributed by atoms with E-state index in [4.69, 9.17) is 15.2 Å². The van der Waals surface area contributed by atoms with Crippen molar-refractivity contribution in [3.05, 3.63) is 70.8 Å². The quantitative estimate of drug-likeness (QED) is 0.162. The molecule has 3 N–H and O–H groups in total. The van der Waals surface area contributed by atoms with Gasteiger partial charge in [0.05, 0.1) is 18.8 Å². The molecule has 2 aromatic carbocycles. The van der Waals surface area contributed by atoms with Crippen molar-refractivity contribution in [3.8, 4) is 0 Å². The first-order chi connectivity index (χ1) is 19.7. The summed E-state index contributed by atoms with van der Waals surface area (Å²) < 4.78 is 13.2. The average molecular weight is 553 g/mol. The normalized spacial score (nSPS) is 19.4. The predicted octanol–water partition coefficient (Wildman–Crippen LogP) is 8.21. The van der Waals surface area contributed by atoms with Crippen molar-refractivity contribution < 1.29 is 14.6 Å². The molecule has 0 saturated carbocycles. The van der Waals surface area contributed by atoms with Gasteiger partial charge in [-0.3, -0.25) is 0 Å². The molecule has 3 atom stereocenters. The largest absolute Gasteiger partial charge is 0.392 e. The Morgan fingerprint density at radius 3 is 1.77 bits per heavy atom. The second-order valence-corrected chi connectivity index (χ2v) is 11.6. The maximum absolute atomic E-state index is 9.51. The third-order valence-electron chi connectivity index (χ3n) is 8.22. The molecule has 5 nitrogen and oxygen atoms in total. The molecular weight excluding hydrogens is 496 g/mol. The lowest BCUT2D eigenvalue weighted by Gasteiger charge is -2.38. The SMILES string of the molecule is CCCCCCCCN(CCCCCCCC)C[C@H]1C[C@@H](c2ccc(CO)cc2)O[C@@H](c2ccc(CN)cc2)O1. The number of hydrogen-bond donors (Lipinski definition) is 2. The van der Waals surface area contributed by atoms with Crippen molar-refractivity contribution in [2.24, 2.45) is 5.73 Å². The number of ether oxygens (including phenoxy) is 2. The molecule has 0 aromatic heterocycles. The fourth-order valence-electron chi connectivity index (χ4n) is 5.66. The maximum atomic E-state index is 9.51. The standard InChI is InChI=1S/C35H56N2O3/c1-3-5-7-9-11-13-23-37(24-14-12-10-8-6-4-2)27-33-25-34(31-19-17-30(28-38)18-20-31)40-35(39-33)32-21-15-29(26-36)16-22-32/h15-22,33-35,38H,3-14,23-28,36H2,1-2H3/t33-,34+,35+/m1/s1. The number of hydrogen-bond acceptors (Lipinski definition) is 5. The van der Waals surface area contributed by atoms with Gasteiger partial charge in [-0.2, -0.15) is 0 Å². The molecular formula is C35H56N2O3. The number of unbranched alkanes of at least 4 members (excludes halogenated alkanes) is 10. The van der Waals surface area contributed by atoms with Crippen LogP contribution in [-0.2, 0) is 22.6 Å². The molecule has 5 heteroatoms. The number of nitrogens with zero attached hydrogens (tertiary/aromatic N) is 1. The number of rotatable bonds is 20. The fraction of sp³-hybridized carbons (Fsp3) is 0.657. The minimum atomic E-state index is -0.405. The summed E-state index contributed by atoms with van der Waals surface area (Å²) in [4.78, 5) is 2.66. The summed E-state index contributed by atoms with van der Waals surface area (Å²) in [5.74, 6) is 0. The smallest absolute Gasteiger partial charge is 0.184 e. The van der Waals surface area contributed by atoms with Crippen LogP contribution >= 0.6 is 0 Å². The van der Waals surface area contributed by atoms with Crippen LogP contribution in [-0.4, -0.2) is 35.7 Å². The van der Waals surface area contributed by atoms with Gasteiger partial charge in [-0.05, 0) is 42.6 Å². The zero-order valence-corrected chi connectivity index (χ0v) is 25.4. The van der Waals surface area contributed by atoms with E-state index in [0.29, 0.717) is 6.54 Å². The first-order valence-electron chi connectivity index (χ1n) is 16.2. The van der Waals surface area contributed by atoms with Crippen LogP contribution in [0.3, 0.4) is 0 Å². The molecule has 0 aliphatic carbocycles. The van der Waals surface area contributed by atoms with Gasteiger partial charge in [-0.25, -0.2) is 0 Å². The van der Waals surface area contributed by atoms with Gasteiger partial charge in [-0.1, -0.05) is 127 Å². The number of aliphatic hydroxyl groups excluding tert-OH is 1. The van der Waals surface area contributed by atoms with Crippen LogP contribution < -0.4 is 5.73 Å². The molecule has 1 fully saturated rings. The number of aliphatic hydroxyl groups is 1. The first kappa shape index (κ1) is 32.8. The van der Waals surface area contributed by atoms with Crippen LogP contribution in [0.25, 0.3) is 0 Å². The van der Waals surface area contributed by atoms with Gasteiger partial charge in [0.2, 0.25) is 0 Å². The Morgan fingerprint density at radius 2 is 1.23 bits per heavy atom. The fourth-order valence-corrected chi connectivity index (χ4v) is 5.66. The highest BCUT2D eigenvalue weighted by atomic mass is 16.7. The number of nitrogens with two attached hydrogens (primary N) is 1. The molecule has 0 radical (unpaired) electrons. The van der Waals surface area contributed by atoms with E-state index < -0.39 is 6.29 Å². The molecule has 1 aliphatic rings. The Hall–Kier alpha value is -1.76. The van der Waals surface area contributed by atoms with Gasteiger partial charge in [-0.15, -0.1) is 0 Å². The van der Waals surface area contributed by atoms with Gasteiger partial charge in [0, 0.05) is 25.1 Å². The van der Waals surface area contributed by atoms with E-state index in [-0.39, 0.29) is 18.8 Å². The van der Waals surface area contributed by atoms with Crippen LogP contribution in [0, 0.1) is 0 Å². The van der Waals surface area contributed by atoms with Gasteiger partial charge < -0.3 is 25.2 Å². The highest BCUT2D eigenvalue weighted by Crippen LogP contribution is 2.38. The third kappa shape index (κ3) is 11.6. The zero-order chi connectivity index (χ0) is 28.4. The van der Waals surface area contributed by atoms with Crippen molar-refractivity contribution in [2.45, 2.75) is 129 Å². The highest BCUT2D eigenvalue weighted by Gasteiger charge is 2.33. The minimum absolute atomic E-state index is 0.0457. The van der Waals surface area contributed by atoms with Crippen molar-refractivity contribution in [1.29, 1.82) is 0 Å². The summed E-state index contributed by atoms with van der Waals surface area (Å²) >= 11 is 0. The molecule has 3 rings (SSSR count). The molecule has 2 aromatic rings. The lowest BCUT2D eigenvalue weighted by molar-refractivity contribution is -0.253. The van der Waals surface area contributed by atoms with Gasteiger partial charge in [0.15, 0.2) is 6.29 Å². The minimum Gasteiger partial charge on any atom is -0.392 e. The van der Waals surface area contributed by atoms with E-state index >= 15 is 0 Å². The van der Waals surface area contributed by atoms with E-state index in [0.717, 1.165) is 48.3 Å². The summed E-state index contributed by atoms with van der Waals surface area (Å²) in [5, 5.41) is 9.51. The highest BCUT2D eigenvalue weighted by molar-refractivity contribution is 5.26. The number of benzene rings is 2. The van der Waals surface area contributed by atoms with Gasteiger partial charge >= 0.3 is 0 Å². The van der Waals surface area contributed by atoms with E-state index in [9.17, 15) is 5.11 Å². The molecule has 0 bridgehead atoms. The molecule has 1 saturated heterocycles. The molecule has 0 spiro atoms. The van der Waals surface area contributed by atoms with E-state index in [1.807, 2.05) is 12.1 Å². The summed E-state index contributed by atoms with van der Waals surface area (Å²) in [7, 11) is 0. The van der Waals surface area contributed by atoms with Crippen LogP contribution in [0.2, 0.25) is 0 Å². The summed E-state index contributed by atoms with van der Waals surface area (Å²) in [6, 6.07) is 16.5. The van der Waals surface area contributed by atoms with Crippen molar-refractivity contribution in [1.82, 2.24) is 4.90 Å². The van der Waals surface area contributed by atoms with Crippen LogP contribution in [0.1, 0.15) is 132 Å². The second-order valence-electron chi connectivity index (χ2n) is 11.6. The molecule has 0 unspecified atom stereocenters. The topological polar surface area (TPSA) is 68.0 Å². The van der Waals surface area contributed by atoms with Crippen molar-refractivity contribution in [3.63, 3.8) is 0 Å². The van der Waals surface area contributed by atoms with Crippen LogP contribution in [0.4, 0.5) is 0 Å². The van der Waals surface area contributed by atoms with Gasteiger partial charge in [0.1, 0.15) is 0 Å². The van der Waals surface area contributed by atoms with Gasteiger partial charge in [0.25, 0.3) is 0 Å². The summed E-state index contributed by atoms with van der Waals surface area (Å²) in [5.41, 5.74) is 10.1. The van der Waals surface area contributed by atoms with E-state index in [1.165, 1.54) is 77.0 Å². The maximum Gasteiger partial charge on any atom is 0.184 e.